The Hall–Kier alpha value is -2.92. The van der Waals surface area contributed by atoms with Gasteiger partial charge in [0, 0.05) is 23.8 Å². The second-order valence-electron chi connectivity index (χ2n) is 6.17. The normalized spacial score (nSPS) is 11.2. The van der Waals surface area contributed by atoms with Gasteiger partial charge in [-0.2, -0.15) is 0 Å². The third-order valence-corrected chi connectivity index (χ3v) is 4.59. The summed E-state index contributed by atoms with van der Waals surface area (Å²) in [4.78, 5) is 17.4. The van der Waals surface area contributed by atoms with E-state index in [-0.39, 0.29) is 17.9 Å². The van der Waals surface area contributed by atoms with Gasteiger partial charge in [0.2, 0.25) is 0 Å². The maximum absolute atomic E-state index is 13.4. The van der Waals surface area contributed by atoms with Crippen molar-refractivity contribution in [1.82, 2.24) is 14.1 Å². The summed E-state index contributed by atoms with van der Waals surface area (Å²) in [5.41, 5.74) is 3.50. The summed E-state index contributed by atoms with van der Waals surface area (Å²) in [7, 11) is 1.82. The van der Waals surface area contributed by atoms with Gasteiger partial charge in [-0.05, 0) is 35.4 Å². The minimum absolute atomic E-state index is 0.165. The van der Waals surface area contributed by atoms with Crippen molar-refractivity contribution < 1.29 is 4.39 Å². The zero-order valence-electron chi connectivity index (χ0n) is 14.0. The van der Waals surface area contributed by atoms with E-state index in [2.05, 4.69) is 4.98 Å². The Kier molecular flexibility index (Phi) is 4.09. The van der Waals surface area contributed by atoms with Gasteiger partial charge in [-0.1, -0.05) is 35.9 Å². The van der Waals surface area contributed by atoms with Gasteiger partial charge < -0.3 is 4.57 Å². The van der Waals surface area contributed by atoms with Crippen LogP contribution >= 0.6 is 11.6 Å². The molecular weight excluding hydrogens is 353 g/mol. The molecule has 2 heterocycles. The molecule has 130 valence electrons. The first-order valence-electron chi connectivity index (χ1n) is 8.08. The highest BCUT2D eigenvalue weighted by molar-refractivity contribution is 6.30. The first-order chi connectivity index (χ1) is 12.5. The van der Waals surface area contributed by atoms with Crippen molar-refractivity contribution in [2.45, 2.75) is 6.54 Å². The monoisotopic (exact) mass is 367 g/mol. The highest BCUT2D eigenvalue weighted by atomic mass is 35.5. The van der Waals surface area contributed by atoms with Crippen LogP contribution in [0.15, 0.2) is 65.8 Å². The molecule has 0 aliphatic carbocycles. The molecule has 0 saturated carbocycles. The second-order valence-corrected chi connectivity index (χ2v) is 6.60. The van der Waals surface area contributed by atoms with Gasteiger partial charge in [0.15, 0.2) is 0 Å². The molecule has 0 bridgehead atoms. The van der Waals surface area contributed by atoms with Crippen molar-refractivity contribution in [3.8, 4) is 11.1 Å². The molecule has 0 N–H and O–H groups in total. The number of nitrogens with zero attached hydrogens (tertiary/aromatic N) is 3. The van der Waals surface area contributed by atoms with E-state index < -0.39 is 0 Å². The molecule has 6 heteroatoms. The molecule has 4 nitrogen and oxygen atoms in total. The molecule has 0 saturated heterocycles. The lowest BCUT2D eigenvalue weighted by Crippen LogP contribution is -2.22. The van der Waals surface area contributed by atoms with Gasteiger partial charge in [-0.15, -0.1) is 0 Å². The van der Waals surface area contributed by atoms with Crippen molar-refractivity contribution in [2.75, 3.05) is 0 Å². The predicted octanol–water partition coefficient (Wildman–Crippen LogP) is 4.24. The third-order valence-electron chi connectivity index (χ3n) is 4.34. The summed E-state index contributed by atoms with van der Waals surface area (Å²) >= 11 is 5.96. The zero-order chi connectivity index (χ0) is 18.3. The van der Waals surface area contributed by atoms with E-state index in [0.29, 0.717) is 21.6 Å². The van der Waals surface area contributed by atoms with E-state index in [1.807, 2.05) is 25.4 Å². The number of hydrogen-bond acceptors (Lipinski definition) is 2. The summed E-state index contributed by atoms with van der Waals surface area (Å²) in [6, 6.07) is 13.6. The van der Waals surface area contributed by atoms with Crippen molar-refractivity contribution in [1.29, 1.82) is 0 Å². The number of fused-ring (bicyclic) bond motifs is 1. The molecule has 0 atom stereocenters. The summed E-state index contributed by atoms with van der Waals surface area (Å²) in [6.07, 6.45) is 3.39. The fraction of sp³-hybridized carbons (Fsp3) is 0.100. The molecular formula is C20H15ClFN3O. The average Bonchev–Trinajstić information content (AvgIpc) is 2.95. The Morgan fingerprint density at radius 1 is 1.15 bits per heavy atom. The Bertz CT molecular complexity index is 1160. The van der Waals surface area contributed by atoms with Crippen LogP contribution in [0.4, 0.5) is 4.39 Å². The van der Waals surface area contributed by atoms with Crippen LogP contribution in [-0.2, 0) is 13.6 Å². The molecule has 0 amide bonds. The highest BCUT2D eigenvalue weighted by Gasteiger charge is 2.15. The Morgan fingerprint density at radius 3 is 2.65 bits per heavy atom. The minimum atomic E-state index is -0.325. The maximum Gasteiger partial charge on any atom is 0.278 e. The maximum atomic E-state index is 13.4. The quantitative estimate of drug-likeness (QED) is 0.543. The zero-order valence-corrected chi connectivity index (χ0v) is 14.7. The van der Waals surface area contributed by atoms with E-state index in [1.54, 1.807) is 28.8 Å². The summed E-state index contributed by atoms with van der Waals surface area (Å²) in [5.74, 6) is -0.325. The smallest absolute Gasteiger partial charge is 0.278 e. The van der Waals surface area contributed by atoms with Crippen LogP contribution in [0.5, 0.6) is 0 Å². The fourth-order valence-electron chi connectivity index (χ4n) is 3.10. The number of benzene rings is 2. The van der Waals surface area contributed by atoms with Crippen molar-refractivity contribution in [2.24, 2.45) is 7.05 Å². The molecule has 0 unspecified atom stereocenters. The third kappa shape index (κ3) is 2.91. The fourth-order valence-corrected chi connectivity index (χ4v) is 3.22. The van der Waals surface area contributed by atoms with Crippen LogP contribution in [0.3, 0.4) is 0 Å². The first kappa shape index (κ1) is 16.5. The summed E-state index contributed by atoms with van der Waals surface area (Å²) < 4.78 is 16.7. The van der Waals surface area contributed by atoms with Crippen molar-refractivity contribution in [3.63, 3.8) is 0 Å². The van der Waals surface area contributed by atoms with Gasteiger partial charge in [0.25, 0.3) is 5.56 Å². The number of halogens is 2. The molecule has 0 radical (unpaired) electrons. The van der Waals surface area contributed by atoms with E-state index in [4.69, 9.17) is 11.6 Å². The minimum Gasteiger partial charge on any atom is -0.344 e. The lowest BCUT2D eigenvalue weighted by Gasteiger charge is -2.07. The van der Waals surface area contributed by atoms with Gasteiger partial charge >= 0.3 is 0 Å². The highest BCUT2D eigenvalue weighted by Crippen LogP contribution is 2.28. The van der Waals surface area contributed by atoms with Gasteiger partial charge in [-0.3, -0.25) is 9.36 Å². The number of aryl methyl sites for hydroxylation is 1. The Morgan fingerprint density at radius 2 is 1.92 bits per heavy atom. The lowest BCUT2D eigenvalue weighted by atomic mass is 10.1. The topological polar surface area (TPSA) is 39.8 Å². The molecule has 2 aromatic heterocycles. The summed E-state index contributed by atoms with van der Waals surface area (Å²) in [5, 5.41) is 0.652. The van der Waals surface area contributed by atoms with Crippen LogP contribution in [0.1, 0.15) is 5.56 Å². The van der Waals surface area contributed by atoms with Gasteiger partial charge in [0.05, 0.1) is 12.9 Å². The molecule has 4 aromatic rings. The molecule has 0 aliphatic rings. The number of rotatable bonds is 3. The predicted molar refractivity (Wildman–Crippen MR) is 101 cm³/mol. The van der Waals surface area contributed by atoms with E-state index >= 15 is 0 Å². The lowest BCUT2D eigenvalue weighted by molar-refractivity contribution is 0.622. The van der Waals surface area contributed by atoms with Crippen LogP contribution < -0.4 is 5.56 Å². The average molecular weight is 368 g/mol. The van der Waals surface area contributed by atoms with E-state index in [0.717, 1.165) is 11.1 Å². The van der Waals surface area contributed by atoms with Gasteiger partial charge in [0.1, 0.15) is 16.9 Å². The van der Waals surface area contributed by atoms with Crippen LogP contribution in [0.2, 0.25) is 5.02 Å². The first-order valence-corrected chi connectivity index (χ1v) is 8.45. The molecule has 0 fully saturated rings. The van der Waals surface area contributed by atoms with E-state index in [9.17, 15) is 9.18 Å². The second kappa shape index (κ2) is 6.42. The molecule has 2 aromatic carbocycles. The van der Waals surface area contributed by atoms with Crippen LogP contribution in [-0.4, -0.2) is 14.1 Å². The number of hydrogen-bond donors (Lipinski definition) is 0. The standard InChI is InChI=1S/C20H15ClFN3O/c1-24-11-17(14-5-7-15(21)8-6-14)18-19(24)20(26)25(12-23-18)10-13-3-2-4-16(22)9-13/h2-9,11-12H,10H2,1H3. The van der Waals surface area contributed by atoms with Crippen molar-refractivity contribution >= 4 is 22.6 Å². The Labute approximate surface area is 154 Å². The van der Waals surface area contributed by atoms with Crippen LogP contribution in [0, 0.1) is 5.82 Å². The largest absolute Gasteiger partial charge is 0.344 e. The van der Waals surface area contributed by atoms with E-state index in [1.165, 1.54) is 23.0 Å². The van der Waals surface area contributed by atoms with Crippen molar-refractivity contribution in [3.05, 3.63) is 87.8 Å². The summed E-state index contributed by atoms with van der Waals surface area (Å²) in [6.45, 7) is 0.265. The SMILES string of the molecule is Cn1cc(-c2ccc(Cl)cc2)c2ncn(Cc3cccc(F)c3)c(=O)c21. The molecule has 0 spiro atoms. The van der Waals surface area contributed by atoms with Crippen LogP contribution in [0.25, 0.3) is 22.2 Å². The molecule has 0 aliphatic heterocycles. The molecule has 26 heavy (non-hydrogen) atoms. The van der Waals surface area contributed by atoms with Gasteiger partial charge in [-0.25, -0.2) is 9.37 Å². The Balaban J connectivity index is 1.82. The number of aromatic nitrogens is 3. The molecule has 4 rings (SSSR count).